The number of benzene rings is 1. The molecule has 1 aliphatic carbocycles. The number of carbonyl (C=O) groups is 2. The zero-order valence-corrected chi connectivity index (χ0v) is 14.7. The highest BCUT2D eigenvalue weighted by molar-refractivity contribution is 5.82. The maximum atomic E-state index is 12.4. The molecule has 1 saturated carbocycles. The lowest BCUT2D eigenvalue weighted by Gasteiger charge is -2.25. The van der Waals surface area contributed by atoms with Gasteiger partial charge in [0.1, 0.15) is 6.10 Å². The minimum absolute atomic E-state index is 0.0635. The van der Waals surface area contributed by atoms with Gasteiger partial charge in [0.05, 0.1) is 6.42 Å². The van der Waals surface area contributed by atoms with E-state index >= 15 is 0 Å². The third-order valence-corrected chi connectivity index (χ3v) is 5.44. The second-order valence-corrected chi connectivity index (χ2v) is 7.34. The van der Waals surface area contributed by atoms with E-state index in [1.807, 2.05) is 30.3 Å². The van der Waals surface area contributed by atoms with E-state index in [-0.39, 0.29) is 23.8 Å². The molecule has 136 valence electrons. The quantitative estimate of drug-likeness (QED) is 0.857. The van der Waals surface area contributed by atoms with Crippen LogP contribution in [0.5, 0.6) is 0 Å². The average Bonchev–Trinajstić information content (AvgIpc) is 3.13. The van der Waals surface area contributed by atoms with Crippen LogP contribution >= 0.6 is 0 Å². The summed E-state index contributed by atoms with van der Waals surface area (Å²) in [5.41, 5.74) is 0.992. The van der Waals surface area contributed by atoms with Crippen molar-refractivity contribution in [3.05, 3.63) is 35.9 Å². The molecule has 1 aromatic carbocycles. The van der Waals surface area contributed by atoms with Crippen LogP contribution in [-0.4, -0.2) is 47.1 Å². The molecule has 2 fully saturated rings. The highest BCUT2D eigenvalue weighted by Gasteiger charge is 2.35. The number of hydrogen-bond acceptors (Lipinski definition) is 3. The molecule has 2 amide bonds. The first-order valence-electron chi connectivity index (χ1n) is 9.43. The van der Waals surface area contributed by atoms with Crippen LogP contribution in [0.15, 0.2) is 30.3 Å². The maximum absolute atomic E-state index is 12.4. The first kappa shape index (κ1) is 17.9. The Hall–Kier alpha value is -1.88. The summed E-state index contributed by atoms with van der Waals surface area (Å²) in [6.45, 7) is 1.08. The molecule has 25 heavy (non-hydrogen) atoms. The van der Waals surface area contributed by atoms with Gasteiger partial charge in [0.15, 0.2) is 0 Å². The van der Waals surface area contributed by atoms with E-state index in [9.17, 15) is 14.7 Å². The number of nitrogens with zero attached hydrogens (tertiary/aromatic N) is 1. The van der Waals surface area contributed by atoms with Gasteiger partial charge in [0, 0.05) is 25.0 Å². The first-order chi connectivity index (χ1) is 12.1. The van der Waals surface area contributed by atoms with Gasteiger partial charge in [0.2, 0.25) is 11.8 Å². The molecular formula is C20H28N2O3. The number of aliphatic hydroxyl groups excluding tert-OH is 1. The average molecular weight is 344 g/mol. The van der Waals surface area contributed by atoms with Crippen LogP contribution in [-0.2, 0) is 16.0 Å². The predicted molar refractivity (Wildman–Crippen MR) is 95.9 cm³/mol. The van der Waals surface area contributed by atoms with Crippen molar-refractivity contribution in [2.45, 2.75) is 57.1 Å². The zero-order chi connectivity index (χ0) is 17.6. The standard InChI is InChI=1S/C20H28N2O3/c23-18(13-15-7-3-1-4-8-15)22-12-11-16(14-22)19(24)20(25)21-17-9-5-2-6-10-17/h1,3-4,7-8,16-17,19,24H,2,5-6,9-14H2,(H,21,25)/t16-,19?/m1/s1. The van der Waals surface area contributed by atoms with Crippen molar-refractivity contribution in [2.75, 3.05) is 13.1 Å². The highest BCUT2D eigenvalue weighted by atomic mass is 16.3. The van der Waals surface area contributed by atoms with Gasteiger partial charge in [-0.25, -0.2) is 0 Å². The summed E-state index contributed by atoms with van der Waals surface area (Å²) >= 11 is 0. The summed E-state index contributed by atoms with van der Waals surface area (Å²) in [7, 11) is 0. The molecule has 2 atom stereocenters. The van der Waals surface area contributed by atoms with Crippen molar-refractivity contribution in [3.63, 3.8) is 0 Å². The van der Waals surface area contributed by atoms with Crippen molar-refractivity contribution in [2.24, 2.45) is 5.92 Å². The van der Waals surface area contributed by atoms with E-state index in [4.69, 9.17) is 0 Å². The van der Waals surface area contributed by atoms with Crippen LogP contribution in [0.4, 0.5) is 0 Å². The minimum Gasteiger partial charge on any atom is -0.383 e. The molecule has 1 saturated heterocycles. The number of likely N-dealkylation sites (tertiary alicyclic amines) is 1. The fourth-order valence-corrected chi connectivity index (χ4v) is 3.90. The molecule has 1 aliphatic heterocycles. The molecule has 0 spiro atoms. The first-order valence-corrected chi connectivity index (χ1v) is 9.43. The van der Waals surface area contributed by atoms with Crippen molar-refractivity contribution in [1.82, 2.24) is 10.2 Å². The molecule has 2 aliphatic rings. The Morgan fingerprint density at radius 3 is 2.56 bits per heavy atom. The topological polar surface area (TPSA) is 69.6 Å². The molecule has 5 heteroatoms. The molecule has 1 aromatic rings. The Labute approximate surface area is 149 Å². The largest absolute Gasteiger partial charge is 0.383 e. The summed E-state index contributed by atoms with van der Waals surface area (Å²) < 4.78 is 0. The van der Waals surface area contributed by atoms with Gasteiger partial charge in [-0.3, -0.25) is 9.59 Å². The second kappa shape index (κ2) is 8.48. The van der Waals surface area contributed by atoms with E-state index in [1.54, 1.807) is 4.90 Å². The summed E-state index contributed by atoms with van der Waals surface area (Å²) in [5, 5.41) is 13.4. The summed E-state index contributed by atoms with van der Waals surface area (Å²) in [4.78, 5) is 26.5. The van der Waals surface area contributed by atoms with Gasteiger partial charge in [-0.1, -0.05) is 49.6 Å². The van der Waals surface area contributed by atoms with E-state index in [0.29, 0.717) is 25.9 Å². The highest BCUT2D eigenvalue weighted by Crippen LogP contribution is 2.22. The van der Waals surface area contributed by atoms with Crippen LogP contribution in [0.3, 0.4) is 0 Å². The van der Waals surface area contributed by atoms with Crippen LogP contribution < -0.4 is 5.32 Å². The summed E-state index contributed by atoms with van der Waals surface area (Å²) in [5.74, 6) is -0.369. The third kappa shape index (κ3) is 4.82. The third-order valence-electron chi connectivity index (χ3n) is 5.44. The second-order valence-electron chi connectivity index (χ2n) is 7.34. The molecule has 3 rings (SSSR count). The zero-order valence-electron chi connectivity index (χ0n) is 14.7. The van der Waals surface area contributed by atoms with Crippen LogP contribution in [0.25, 0.3) is 0 Å². The fraction of sp³-hybridized carbons (Fsp3) is 0.600. The lowest BCUT2D eigenvalue weighted by atomic mass is 9.94. The number of carbonyl (C=O) groups excluding carboxylic acids is 2. The Kier molecular flexibility index (Phi) is 6.08. The number of nitrogens with one attached hydrogen (secondary N) is 1. The molecule has 1 unspecified atom stereocenters. The summed E-state index contributed by atoms with van der Waals surface area (Å²) in [6, 6.07) is 9.87. The van der Waals surface area contributed by atoms with E-state index in [0.717, 1.165) is 31.2 Å². The van der Waals surface area contributed by atoms with Gasteiger partial charge in [0.25, 0.3) is 0 Å². The smallest absolute Gasteiger partial charge is 0.249 e. The molecule has 5 nitrogen and oxygen atoms in total. The summed E-state index contributed by atoms with van der Waals surface area (Å²) in [6.07, 6.45) is 5.57. The van der Waals surface area contributed by atoms with E-state index < -0.39 is 6.10 Å². The normalized spacial score (nSPS) is 22.6. The lowest BCUT2D eigenvalue weighted by molar-refractivity contribution is -0.134. The van der Waals surface area contributed by atoms with Gasteiger partial charge < -0.3 is 15.3 Å². The number of amides is 2. The van der Waals surface area contributed by atoms with Crippen LogP contribution in [0.2, 0.25) is 0 Å². The Morgan fingerprint density at radius 2 is 1.84 bits per heavy atom. The monoisotopic (exact) mass is 344 g/mol. The Morgan fingerprint density at radius 1 is 1.12 bits per heavy atom. The molecule has 2 N–H and O–H groups in total. The van der Waals surface area contributed by atoms with Crippen molar-refractivity contribution in [3.8, 4) is 0 Å². The molecule has 0 bridgehead atoms. The Balaban J connectivity index is 1.47. The van der Waals surface area contributed by atoms with Gasteiger partial charge >= 0.3 is 0 Å². The maximum Gasteiger partial charge on any atom is 0.249 e. The number of hydrogen-bond donors (Lipinski definition) is 2. The van der Waals surface area contributed by atoms with Crippen LogP contribution in [0, 0.1) is 5.92 Å². The molecule has 1 heterocycles. The minimum atomic E-state index is -1.02. The van der Waals surface area contributed by atoms with E-state index in [1.165, 1.54) is 6.42 Å². The number of aliphatic hydroxyl groups is 1. The SMILES string of the molecule is O=C(NC1CCCCC1)C(O)[C@@H]1CCN(C(=O)Cc2ccccc2)C1. The molecule has 0 aromatic heterocycles. The predicted octanol–water partition coefficient (Wildman–Crippen LogP) is 1.89. The van der Waals surface area contributed by atoms with Gasteiger partial charge in [-0.05, 0) is 24.8 Å². The van der Waals surface area contributed by atoms with Crippen molar-refractivity contribution < 1.29 is 14.7 Å². The van der Waals surface area contributed by atoms with Gasteiger partial charge in [-0.15, -0.1) is 0 Å². The lowest BCUT2D eigenvalue weighted by Crippen LogP contribution is -2.45. The number of rotatable bonds is 5. The molecular weight excluding hydrogens is 316 g/mol. The Bertz CT molecular complexity index is 584. The van der Waals surface area contributed by atoms with Crippen molar-refractivity contribution >= 4 is 11.8 Å². The fourth-order valence-electron chi connectivity index (χ4n) is 3.90. The molecule has 0 radical (unpaired) electrons. The van der Waals surface area contributed by atoms with Crippen molar-refractivity contribution in [1.29, 1.82) is 0 Å². The van der Waals surface area contributed by atoms with E-state index in [2.05, 4.69) is 5.32 Å². The van der Waals surface area contributed by atoms with Gasteiger partial charge in [-0.2, -0.15) is 0 Å². The van der Waals surface area contributed by atoms with Crippen LogP contribution in [0.1, 0.15) is 44.1 Å².